The smallest absolute Gasteiger partial charge is 0.331 e. The molecule has 6 nitrogen and oxygen atoms in total. The molecule has 0 aliphatic carbocycles. The van der Waals surface area contributed by atoms with Gasteiger partial charge in [-0.05, 0) is 30.7 Å². The summed E-state index contributed by atoms with van der Waals surface area (Å²) in [7, 11) is 1.73. The van der Waals surface area contributed by atoms with Gasteiger partial charge in [-0.15, -0.1) is 0 Å². The van der Waals surface area contributed by atoms with E-state index < -0.39 is 5.97 Å². The minimum atomic E-state index is -0.493. The topological polar surface area (TPSA) is 62.6 Å². The minimum Gasteiger partial charge on any atom is -0.489 e. The first kappa shape index (κ1) is 18.6. The zero-order valence-corrected chi connectivity index (χ0v) is 15.9. The Morgan fingerprint density at radius 3 is 2.85 bits per heavy atom. The molecule has 26 heavy (non-hydrogen) atoms. The van der Waals surface area contributed by atoms with Crippen LogP contribution in [0.2, 0.25) is 10.2 Å². The second-order valence-corrected chi connectivity index (χ2v) is 6.58. The lowest BCUT2D eigenvalue weighted by molar-refractivity contribution is -0.138. The van der Waals surface area contributed by atoms with Crippen LogP contribution in [0.3, 0.4) is 0 Å². The molecule has 2 aromatic rings. The molecule has 0 bridgehead atoms. The van der Waals surface area contributed by atoms with Crippen molar-refractivity contribution in [2.24, 2.45) is 7.05 Å². The monoisotopic (exact) mass is 396 g/mol. The number of nitrogens with zero attached hydrogens (tertiary/aromatic N) is 2. The Morgan fingerprint density at radius 2 is 2.12 bits per heavy atom. The lowest BCUT2D eigenvalue weighted by Crippen LogP contribution is -2.02. The Hall–Kier alpha value is -2.18. The standard InChI is InChI=1S/C18H18Cl2N2O4/c1-11-13(18(20)22(2)21-11)4-5-16(23)26-10-12-8-14(19)17-15(9-12)24-6-3-7-25-17/h4-5,8-9H,3,6-7,10H2,1-2H3/b5-4+. The predicted octanol–water partition coefficient (Wildman–Crippen LogP) is 3.95. The van der Waals surface area contributed by atoms with E-state index >= 15 is 0 Å². The highest BCUT2D eigenvalue weighted by Gasteiger charge is 2.16. The average Bonchev–Trinajstić information content (AvgIpc) is 2.79. The molecule has 0 amide bonds. The first-order valence-electron chi connectivity index (χ1n) is 8.07. The number of esters is 1. The number of aromatic nitrogens is 2. The largest absolute Gasteiger partial charge is 0.489 e. The van der Waals surface area contributed by atoms with Crippen LogP contribution in [0.1, 0.15) is 23.2 Å². The number of hydrogen-bond acceptors (Lipinski definition) is 5. The minimum absolute atomic E-state index is 0.0687. The van der Waals surface area contributed by atoms with E-state index in [4.69, 9.17) is 37.4 Å². The van der Waals surface area contributed by atoms with Crippen LogP contribution in [0.25, 0.3) is 6.08 Å². The molecule has 2 heterocycles. The fraction of sp³-hybridized carbons (Fsp3) is 0.333. The van der Waals surface area contributed by atoms with Crippen LogP contribution in [0, 0.1) is 6.92 Å². The van der Waals surface area contributed by atoms with Gasteiger partial charge in [-0.25, -0.2) is 4.79 Å². The van der Waals surface area contributed by atoms with Crippen LogP contribution in [-0.4, -0.2) is 29.0 Å². The quantitative estimate of drug-likeness (QED) is 0.578. The first-order chi connectivity index (χ1) is 12.5. The number of rotatable bonds is 4. The third-order valence-electron chi connectivity index (χ3n) is 3.83. The molecule has 8 heteroatoms. The summed E-state index contributed by atoms with van der Waals surface area (Å²) in [6.45, 7) is 3.00. The van der Waals surface area contributed by atoms with E-state index in [9.17, 15) is 4.79 Å². The van der Waals surface area contributed by atoms with Crippen molar-refractivity contribution < 1.29 is 19.0 Å². The molecule has 0 unspecified atom stereocenters. The van der Waals surface area contributed by atoms with Gasteiger partial charge in [0.15, 0.2) is 11.5 Å². The number of hydrogen-bond donors (Lipinski definition) is 0. The summed E-state index contributed by atoms with van der Waals surface area (Å²) in [6.07, 6.45) is 3.70. The van der Waals surface area contributed by atoms with Crippen molar-refractivity contribution >= 4 is 35.2 Å². The summed E-state index contributed by atoms with van der Waals surface area (Å²) in [4.78, 5) is 12.0. The summed E-state index contributed by atoms with van der Waals surface area (Å²) in [6, 6.07) is 3.47. The molecule has 0 N–H and O–H groups in total. The van der Waals surface area contributed by atoms with Gasteiger partial charge in [0.1, 0.15) is 11.8 Å². The number of fused-ring (bicyclic) bond motifs is 1. The molecule has 0 atom stereocenters. The summed E-state index contributed by atoms with van der Waals surface area (Å²) < 4.78 is 18.0. The molecule has 1 aromatic heterocycles. The second-order valence-electron chi connectivity index (χ2n) is 5.81. The molecule has 0 spiro atoms. The van der Waals surface area contributed by atoms with E-state index in [1.54, 1.807) is 29.9 Å². The second kappa shape index (κ2) is 8.01. The number of benzene rings is 1. The summed E-state index contributed by atoms with van der Waals surface area (Å²) >= 11 is 12.4. The molecule has 1 aliphatic rings. The van der Waals surface area contributed by atoms with Crippen molar-refractivity contribution in [1.82, 2.24) is 9.78 Å². The maximum Gasteiger partial charge on any atom is 0.331 e. The van der Waals surface area contributed by atoms with E-state index in [1.165, 1.54) is 6.08 Å². The SMILES string of the molecule is Cc1nn(C)c(Cl)c1/C=C/C(=O)OCc1cc(Cl)c2c(c1)OCCCO2. The van der Waals surface area contributed by atoms with Crippen LogP contribution in [0.4, 0.5) is 0 Å². The van der Waals surface area contributed by atoms with Crippen LogP contribution in [0.5, 0.6) is 11.5 Å². The van der Waals surface area contributed by atoms with E-state index in [2.05, 4.69) is 5.10 Å². The molecular formula is C18H18Cl2N2O4. The van der Waals surface area contributed by atoms with Gasteiger partial charge in [0, 0.05) is 25.1 Å². The Balaban J connectivity index is 1.65. The van der Waals surface area contributed by atoms with Crippen molar-refractivity contribution in [2.75, 3.05) is 13.2 Å². The van der Waals surface area contributed by atoms with Crippen molar-refractivity contribution in [1.29, 1.82) is 0 Å². The molecule has 0 radical (unpaired) electrons. The van der Waals surface area contributed by atoms with Crippen LogP contribution >= 0.6 is 23.2 Å². The van der Waals surface area contributed by atoms with E-state index in [1.807, 2.05) is 6.92 Å². The Kier molecular flexibility index (Phi) is 5.74. The fourth-order valence-corrected chi connectivity index (χ4v) is 3.08. The van der Waals surface area contributed by atoms with Gasteiger partial charge < -0.3 is 14.2 Å². The predicted molar refractivity (Wildman–Crippen MR) is 98.8 cm³/mol. The van der Waals surface area contributed by atoms with Crippen LogP contribution < -0.4 is 9.47 Å². The summed E-state index contributed by atoms with van der Waals surface area (Å²) in [5.41, 5.74) is 2.14. The average molecular weight is 397 g/mol. The summed E-state index contributed by atoms with van der Waals surface area (Å²) in [5, 5.41) is 5.07. The molecule has 1 aliphatic heterocycles. The number of carbonyl (C=O) groups is 1. The first-order valence-corrected chi connectivity index (χ1v) is 8.83. The lowest BCUT2D eigenvalue weighted by Gasteiger charge is -2.11. The molecule has 0 saturated carbocycles. The van der Waals surface area contributed by atoms with E-state index in [0.29, 0.717) is 40.5 Å². The number of aryl methyl sites for hydroxylation is 2. The molecule has 138 valence electrons. The molecular weight excluding hydrogens is 379 g/mol. The van der Waals surface area contributed by atoms with Crippen LogP contribution in [0.15, 0.2) is 18.2 Å². The van der Waals surface area contributed by atoms with Gasteiger partial charge in [-0.3, -0.25) is 4.68 Å². The molecule has 3 rings (SSSR count). The Labute approximate surface area is 161 Å². The molecule has 0 fully saturated rings. The zero-order chi connectivity index (χ0) is 18.7. The van der Waals surface area contributed by atoms with Crippen molar-refractivity contribution in [3.8, 4) is 11.5 Å². The van der Waals surface area contributed by atoms with Gasteiger partial charge in [0.05, 0.1) is 23.9 Å². The third kappa shape index (κ3) is 4.14. The Morgan fingerprint density at radius 1 is 1.35 bits per heavy atom. The van der Waals surface area contributed by atoms with Gasteiger partial charge in [-0.2, -0.15) is 5.10 Å². The maximum atomic E-state index is 12.0. The Bertz CT molecular complexity index is 861. The molecule has 0 saturated heterocycles. The fourth-order valence-electron chi connectivity index (χ4n) is 2.56. The normalized spacial score (nSPS) is 13.7. The van der Waals surface area contributed by atoms with Crippen LogP contribution in [-0.2, 0) is 23.2 Å². The van der Waals surface area contributed by atoms with Gasteiger partial charge >= 0.3 is 5.97 Å². The van der Waals surface area contributed by atoms with Crippen molar-refractivity contribution in [2.45, 2.75) is 20.0 Å². The number of carbonyl (C=O) groups excluding carboxylic acids is 1. The zero-order valence-electron chi connectivity index (χ0n) is 14.4. The lowest BCUT2D eigenvalue weighted by atomic mass is 10.2. The van der Waals surface area contributed by atoms with Crippen molar-refractivity contribution in [3.63, 3.8) is 0 Å². The number of ether oxygens (including phenoxy) is 3. The van der Waals surface area contributed by atoms with E-state index in [0.717, 1.165) is 17.7 Å². The highest BCUT2D eigenvalue weighted by atomic mass is 35.5. The molecule has 1 aromatic carbocycles. The van der Waals surface area contributed by atoms with Gasteiger partial charge in [-0.1, -0.05) is 23.2 Å². The maximum absolute atomic E-state index is 12.0. The summed E-state index contributed by atoms with van der Waals surface area (Å²) in [5.74, 6) is 0.600. The highest BCUT2D eigenvalue weighted by molar-refractivity contribution is 6.32. The van der Waals surface area contributed by atoms with Crippen molar-refractivity contribution in [3.05, 3.63) is 45.2 Å². The number of halogens is 2. The van der Waals surface area contributed by atoms with E-state index in [-0.39, 0.29) is 6.61 Å². The highest BCUT2D eigenvalue weighted by Crippen LogP contribution is 2.38. The third-order valence-corrected chi connectivity index (χ3v) is 4.55. The van der Waals surface area contributed by atoms with Gasteiger partial charge in [0.25, 0.3) is 0 Å². The van der Waals surface area contributed by atoms with Gasteiger partial charge in [0.2, 0.25) is 0 Å².